The van der Waals surface area contributed by atoms with Crippen LogP contribution in [0.2, 0.25) is 0 Å². The monoisotopic (exact) mass is 378 g/mol. The van der Waals surface area contributed by atoms with E-state index in [1.54, 1.807) is 36.2 Å². The molecule has 2 heterocycles. The predicted molar refractivity (Wildman–Crippen MR) is 106 cm³/mol. The fourth-order valence-corrected chi connectivity index (χ4v) is 4.11. The van der Waals surface area contributed by atoms with Gasteiger partial charge < -0.3 is 4.57 Å². The fraction of sp³-hybridized carbons (Fsp3) is 0.190. The molecular weight excluding hydrogens is 359 g/mol. The smallest absolute Gasteiger partial charge is 0.191 e. The summed E-state index contributed by atoms with van der Waals surface area (Å²) in [7, 11) is 0. The summed E-state index contributed by atoms with van der Waals surface area (Å²) in [4.78, 5) is 4.36. The summed E-state index contributed by atoms with van der Waals surface area (Å²) in [5, 5.41) is 10.2. The van der Waals surface area contributed by atoms with Crippen molar-refractivity contribution >= 4 is 22.7 Å². The molecule has 0 aliphatic carbocycles. The molecule has 4 aromatic rings. The molecule has 0 amide bonds. The van der Waals surface area contributed by atoms with Crippen molar-refractivity contribution < 1.29 is 4.39 Å². The second kappa shape index (κ2) is 7.88. The SMILES string of the molecule is CCn1c(Cc2ccccc2)nnc1SCc1ccc(F)c2cccnc12. The van der Waals surface area contributed by atoms with Gasteiger partial charge in [-0.3, -0.25) is 4.98 Å². The van der Waals surface area contributed by atoms with E-state index in [9.17, 15) is 4.39 Å². The standard InChI is InChI=1S/C21H19FN4S/c1-2-26-19(13-15-7-4-3-5-8-15)24-25-21(26)27-14-16-10-11-18(22)17-9-6-12-23-20(16)17/h3-12H,2,13-14H2,1H3. The third-order valence-corrected chi connectivity index (χ3v) is 5.49. The minimum atomic E-state index is -0.242. The maximum absolute atomic E-state index is 14.0. The maximum Gasteiger partial charge on any atom is 0.191 e. The minimum absolute atomic E-state index is 0.242. The van der Waals surface area contributed by atoms with E-state index >= 15 is 0 Å². The molecule has 0 atom stereocenters. The molecular formula is C21H19FN4S. The molecule has 0 aliphatic heterocycles. The van der Waals surface area contributed by atoms with Crippen LogP contribution >= 0.6 is 11.8 Å². The lowest BCUT2D eigenvalue weighted by Gasteiger charge is -2.09. The number of pyridine rings is 1. The van der Waals surface area contributed by atoms with Crippen LogP contribution in [-0.2, 0) is 18.7 Å². The summed E-state index contributed by atoms with van der Waals surface area (Å²) >= 11 is 1.60. The summed E-state index contributed by atoms with van der Waals surface area (Å²) in [5.41, 5.74) is 2.91. The molecule has 0 spiro atoms. The summed E-state index contributed by atoms with van der Waals surface area (Å²) < 4.78 is 16.1. The van der Waals surface area contributed by atoms with Crippen molar-refractivity contribution in [1.82, 2.24) is 19.7 Å². The zero-order chi connectivity index (χ0) is 18.6. The van der Waals surface area contributed by atoms with E-state index < -0.39 is 0 Å². The second-order valence-electron chi connectivity index (χ2n) is 6.20. The van der Waals surface area contributed by atoms with Crippen LogP contribution in [0.15, 0.2) is 66.0 Å². The number of hydrogen-bond donors (Lipinski definition) is 0. The quantitative estimate of drug-likeness (QED) is 0.449. The van der Waals surface area contributed by atoms with Gasteiger partial charge >= 0.3 is 0 Å². The molecule has 0 fully saturated rings. The van der Waals surface area contributed by atoms with Crippen LogP contribution in [0.1, 0.15) is 23.9 Å². The zero-order valence-electron chi connectivity index (χ0n) is 15.0. The lowest BCUT2D eigenvalue weighted by Crippen LogP contribution is -2.04. The van der Waals surface area contributed by atoms with Crippen LogP contribution in [0.3, 0.4) is 0 Å². The zero-order valence-corrected chi connectivity index (χ0v) is 15.8. The van der Waals surface area contributed by atoms with Gasteiger partial charge in [0.1, 0.15) is 11.6 Å². The number of aromatic nitrogens is 4. The van der Waals surface area contributed by atoms with Gasteiger partial charge in [0, 0.05) is 30.3 Å². The number of fused-ring (bicyclic) bond motifs is 1. The first-order valence-electron chi connectivity index (χ1n) is 8.87. The predicted octanol–water partition coefficient (Wildman–Crippen LogP) is 4.87. The van der Waals surface area contributed by atoms with Gasteiger partial charge in [-0.15, -0.1) is 10.2 Å². The van der Waals surface area contributed by atoms with Crippen molar-refractivity contribution in [3.05, 3.63) is 83.6 Å². The Labute approximate surface area is 161 Å². The number of rotatable bonds is 6. The van der Waals surface area contributed by atoms with Crippen LogP contribution in [0.4, 0.5) is 4.39 Å². The molecule has 0 aliphatic rings. The highest BCUT2D eigenvalue weighted by molar-refractivity contribution is 7.98. The van der Waals surface area contributed by atoms with Gasteiger partial charge in [-0.25, -0.2) is 4.39 Å². The summed E-state index contributed by atoms with van der Waals surface area (Å²) in [6, 6.07) is 17.1. The van der Waals surface area contributed by atoms with E-state index in [-0.39, 0.29) is 5.82 Å². The van der Waals surface area contributed by atoms with Crippen LogP contribution in [0, 0.1) is 5.82 Å². The van der Waals surface area contributed by atoms with Crippen molar-refractivity contribution in [3.63, 3.8) is 0 Å². The van der Waals surface area contributed by atoms with Crippen LogP contribution in [0.25, 0.3) is 10.9 Å². The van der Waals surface area contributed by atoms with Gasteiger partial charge in [-0.2, -0.15) is 0 Å². The van der Waals surface area contributed by atoms with Crippen molar-refractivity contribution in [1.29, 1.82) is 0 Å². The van der Waals surface area contributed by atoms with Crippen LogP contribution in [-0.4, -0.2) is 19.7 Å². The molecule has 0 N–H and O–H groups in total. The molecule has 2 aromatic heterocycles. The Morgan fingerprint density at radius 1 is 1.00 bits per heavy atom. The topological polar surface area (TPSA) is 43.6 Å². The average Bonchev–Trinajstić information content (AvgIpc) is 3.10. The lowest BCUT2D eigenvalue weighted by molar-refractivity contribution is 0.639. The van der Waals surface area contributed by atoms with Gasteiger partial charge in [-0.1, -0.05) is 48.2 Å². The summed E-state index contributed by atoms with van der Waals surface area (Å²) in [6.07, 6.45) is 2.45. The van der Waals surface area contributed by atoms with Gasteiger partial charge in [-0.05, 0) is 36.2 Å². The lowest BCUT2D eigenvalue weighted by atomic mass is 10.1. The summed E-state index contributed by atoms with van der Waals surface area (Å²) in [6.45, 7) is 2.90. The van der Waals surface area contributed by atoms with Crippen molar-refractivity contribution in [3.8, 4) is 0 Å². The van der Waals surface area contributed by atoms with E-state index in [2.05, 4.69) is 38.8 Å². The normalized spacial score (nSPS) is 11.2. The molecule has 4 nitrogen and oxygen atoms in total. The van der Waals surface area contributed by atoms with Crippen molar-refractivity contribution in [2.24, 2.45) is 0 Å². The molecule has 0 radical (unpaired) electrons. The fourth-order valence-electron chi connectivity index (χ4n) is 3.11. The van der Waals surface area contributed by atoms with Crippen LogP contribution in [0.5, 0.6) is 0 Å². The Bertz CT molecular complexity index is 1060. The second-order valence-corrected chi connectivity index (χ2v) is 7.14. The van der Waals surface area contributed by atoms with Gasteiger partial charge in [0.2, 0.25) is 0 Å². The maximum atomic E-state index is 14.0. The minimum Gasteiger partial charge on any atom is -0.306 e. The average molecular weight is 378 g/mol. The number of halogens is 1. The number of nitrogens with zero attached hydrogens (tertiary/aromatic N) is 4. The third kappa shape index (κ3) is 3.71. The molecule has 6 heteroatoms. The first-order chi connectivity index (χ1) is 13.3. The molecule has 27 heavy (non-hydrogen) atoms. The number of benzene rings is 2. The molecule has 0 bridgehead atoms. The van der Waals surface area contributed by atoms with Crippen molar-refractivity contribution in [2.45, 2.75) is 30.8 Å². The molecule has 4 rings (SSSR count). The largest absolute Gasteiger partial charge is 0.306 e. The van der Waals surface area contributed by atoms with Crippen LogP contribution < -0.4 is 0 Å². The number of thioether (sulfide) groups is 1. The Kier molecular flexibility index (Phi) is 5.16. The highest BCUT2D eigenvalue weighted by Crippen LogP contribution is 2.27. The van der Waals surface area contributed by atoms with Crippen molar-refractivity contribution in [2.75, 3.05) is 0 Å². The molecule has 0 unspecified atom stereocenters. The first kappa shape index (κ1) is 17.7. The Morgan fingerprint density at radius 3 is 2.67 bits per heavy atom. The van der Waals surface area contributed by atoms with Gasteiger partial charge in [0.05, 0.1) is 5.52 Å². The molecule has 0 saturated carbocycles. The van der Waals surface area contributed by atoms with E-state index in [4.69, 9.17) is 0 Å². The van der Waals surface area contributed by atoms with E-state index in [1.807, 2.05) is 18.2 Å². The van der Waals surface area contributed by atoms with E-state index in [0.717, 1.165) is 29.5 Å². The van der Waals surface area contributed by atoms with E-state index in [0.29, 0.717) is 16.7 Å². The summed E-state index contributed by atoms with van der Waals surface area (Å²) in [5.74, 6) is 1.37. The molecule has 136 valence electrons. The Hall–Kier alpha value is -2.73. The van der Waals surface area contributed by atoms with Gasteiger partial charge in [0.25, 0.3) is 0 Å². The molecule has 0 saturated heterocycles. The first-order valence-corrected chi connectivity index (χ1v) is 9.85. The number of hydrogen-bond acceptors (Lipinski definition) is 4. The third-order valence-electron chi connectivity index (χ3n) is 4.47. The highest BCUT2D eigenvalue weighted by Gasteiger charge is 2.13. The van der Waals surface area contributed by atoms with E-state index in [1.165, 1.54) is 11.6 Å². The molecule has 2 aromatic carbocycles. The van der Waals surface area contributed by atoms with Gasteiger partial charge in [0.15, 0.2) is 5.16 Å². The highest BCUT2D eigenvalue weighted by atomic mass is 32.2. The Balaban J connectivity index is 1.56. The Morgan fingerprint density at radius 2 is 1.85 bits per heavy atom.